The fourth-order valence-corrected chi connectivity index (χ4v) is 3.85. The van der Waals surface area contributed by atoms with Gasteiger partial charge in [0.1, 0.15) is 0 Å². The Hall–Kier alpha value is -0.770. The van der Waals surface area contributed by atoms with E-state index in [1.54, 1.807) is 11.3 Å². The average Bonchev–Trinajstić information content (AvgIpc) is 2.94. The van der Waals surface area contributed by atoms with Gasteiger partial charge in [-0.15, -0.1) is 11.3 Å². The third-order valence-corrected chi connectivity index (χ3v) is 4.84. The summed E-state index contributed by atoms with van der Waals surface area (Å²) in [5, 5.41) is 3.41. The number of aromatic nitrogens is 1. The number of halogens is 1. The summed E-state index contributed by atoms with van der Waals surface area (Å²) in [4.78, 5) is 1.31. The van der Waals surface area contributed by atoms with Crippen LogP contribution in [0.5, 0.6) is 0 Å². The van der Waals surface area contributed by atoms with Gasteiger partial charge in [0.05, 0.1) is 10.9 Å². The summed E-state index contributed by atoms with van der Waals surface area (Å²) in [6, 6.07) is 4.62. The van der Waals surface area contributed by atoms with Gasteiger partial charge in [-0.05, 0) is 49.6 Å². The first kappa shape index (κ1) is 12.3. The zero-order valence-electron chi connectivity index (χ0n) is 10.4. The van der Waals surface area contributed by atoms with Gasteiger partial charge in [-0.25, -0.2) is 0 Å². The molecule has 2 heterocycles. The molecule has 2 aromatic heterocycles. The molecule has 0 saturated heterocycles. The van der Waals surface area contributed by atoms with Gasteiger partial charge in [0, 0.05) is 23.3 Å². The van der Waals surface area contributed by atoms with Crippen molar-refractivity contribution in [3.8, 4) is 0 Å². The van der Waals surface area contributed by atoms with Crippen LogP contribution in [0.4, 0.5) is 0 Å². The molecule has 0 radical (unpaired) electrons. The summed E-state index contributed by atoms with van der Waals surface area (Å²) >= 11 is 7.64. The second-order valence-electron chi connectivity index (χ2n) is 4.85. The minimum Gasteiger partial charge on any atom is -0.348 e. The van der Waals surface area contributed by atoms with E-state index in [1.165, 1.54) is 35.3 Å². The fourth-order valence-electron chi connectivity index (χ4n) is 2.76. The van der Waals surface area contributed by atoms with Gasteiger partial charge in [-0.1, -0.05) is 11.6 Å². The van der Waals surface area contributed by atoms with Crippen molar-refractivity contribution in [2.75, 3.05) is 7.05 Å². The van der Waals surface area contributed by atoms with Gasteiger partial charge in [0.25, 0.3) is 0 Å². The lowest BCUT2D eigenvalue weighted by molar-refractivity contribution is 0.498. The van der Waals surface area contributed by atoms with Gasteiger partial charge in [-0.3, -0.25) is 0 Å². The minimum absolute atomic E-state index is 0.530. The van der Waals surface area contributed by atoms with Crippen molar-refractivity contribution in [2.24, 2.45) is 0 Å². The third-order valence-electron chi connectivity index (χ3n) is 3.63. The monoisotopic (exact) mass is 280 g/mol. The van der Waals surface area contributed by atoms with Crippen LogP contribution in [0.2, 0.25) is 4.34 Å². The Bertz CT molecular complexity index is 544. The maximum Gasteiger partial charge on any atom is 0.0931 e. The van der Waals surface area contributed by atoms with Crippen LogP contribution in [0.3, 0.4) is 0 Å². The van der Waals surface area contributed by atoms with Gasteiger partial charge < -0.3 is 9.88 Å². The molecule has 2 nitrogen and oxygen atoms in total. The molecular formula is C14H17ClN2S. The highest BCUT2D eigenvalue weighted by Gasteiger charge is 2.20. The van der Waals surface area contributed by atoms with Crippen molar-refractivity contribution in [2.45, 2.75) is 31.8 Å². The molecule has 0 saturated carbocycles. The minimum atomic E-state index is 0.530. The van der Waals surface area contributed by atoms with Crippen molar-refractivity contribution in [3.63, 3.8) is 0 Å². The molecule has 0 spiro atoms. The van der Waals surface area contributed by atoms with Gasteiger partial charge in [0.2, 0.25) is 0 Å². The SMILES string of the molecule is CNC1CCCc2cn(Cc3ccc(Cl)s3)cc21. The van der Waals surface area contributed by atoms with E-state index in [0.717, 1.165) is 10.9 Å². The number of fused-ring (bicyclic) bond motifs is 1. The van der Waals surface area contributed by atoms with Crippen LogP contribution < -0.4 is 5.32 Å². The van der Waals surface area contributed by atoms with Crippen LogP contribution in [0.25, 0.3) is 0 Å². The quantitative estimate of drug-likeness (QED) is 0.904. The Morgan fingerprint density at radius 2 is 2.33 bits per heavy atom. The number of thiophene rings is 1. The fraction of sp³-hybridized carbons (Fsp3) is 0.429. The summed E-state index contributed by atoms with van der Waals surface area (Å²) in [6.07, 6.45) is 8.34. The number of rotatable bonds is 3. The number of hydrogen-bond acceptors (Lipinski definition) is 2. The maximum absolute atomic E-state index is 5.97. The first-order valence-electron chi connectivity index (χ1n) is 6.36. The van der Waals surface area contributed by atoms with E-state index in [2.05, 4.69) is 35.4 Å². The Kier molecular flexibility index (Phi) is 3.46. The van der Waals surface area contributed by atoms with Crippen molar-refractivity contribution in [3.05, 3.63) is 44.9 Å². The predicted octanol–water partition coefficient (Wildman–Crippen LogP) is 3.85. The van der Waals surface area contributed by atoms with Gasteiger partial charge >= 0.3 is 0 Å². The predicted molar refractivity (Wildman–Crippen MR) is 77.6 cm³/mol. The molecule has 2 aromatic rings. The molecule has 4 heteroatoms. The standard InChI is InChI=1S/C14H17ClN2S/c1-16-13-4-2-3-10-7-17(9-12(10)13)8-11-5-6-14(15)18-11/h5-7,9,13,16H,2-4,8H2,1H3. The highest BCUT2D eigenvalue weighted by molar-refractivity contribution is 7.16. The number of aryl methyl sites for hydroxylation is 1. The topological polar surface area (TPSA) is 17.0 Å². The highest BCUT2D eigenvalue weighted by Crippen LogP contribution is 2.31. The van der Waals surface area contributed by atoms with Crippen LogP contribution >= 0.6 is 22.9 Å². The molecule has 1 aliphatic carbocycles. The first-order valence-corrected chi connectivity index (χ1v) is 7.56. The summed E-state index contributed by atoms with van der Waals surface area (Å²) in [5.41, 5.74) is 2.98. The number of nitrogens with one attached hydrogen (secondary N) is 1. The zero-order chi connectivity index (χ0) is 12.5. The lowest BCUT2D eigenvalue weighted by Crippen LogP contribution is -2.20. The molecule has 1 N–H and O–H groups in total. The maximum atomic E-state index is 5.97. The van der Waals surface area contributed by atoms with Gasteiger partial charge in [-0.2, -0.15) is 0 Å². The second-order valence-corrected chi connectivity index (χ2v) is 6.65. The Balaban J connectivity index is 1.84. The summed E-state index contributed by atoms with van der Waals surface area (Å²) < 4.78 is 3.16. The Morgan fingerprint density at radius 1 is 1.44 bits per heavy atom. The summed E-state index contributed by atoms with van der Waals surface area (Å²) in [7, 11) is 2.05. The third kappa shape index (κ3) is 2.35. The Labute approximate surface area is 117 Å². The van der Waals surface area contributed by atoms with Gasteiger partial charge in [0.15, 0.2) is 0 Å². The molecule has 96 valence electrons. The molecule has 0 aliphatic heterocycles. The van der Waals surface area contributed by atoms with E-state index in [9.17, 15) is 0 Å². The van der Waals surface area contributed by atoms with Crippen LogP contribution in [0.1, 0.15) is 34.9 Å². The van der Waals surface area contributed by atoms with E-state index in [-0.39, 0.29) is 0 Å². The van der Waals surface area contributed by atoms with E-state index in [0.29, 0.717) is 6.04 Å². The molecule has 1 unspecified atom stereocenters. The van der Waals surface area contributed by atoms with Crippen LogP contribution in [0.15, 0.2) is 24.5 Å². The molecule has 0 amide bonds. The van der Waals surface area contributed by atoms with Crippen molar-refractivity contribution >= 4 is 22.9 Å². The lowest BCUT2D eigenvalue weighted by atomic mass is 9.91. The van der Waals surface area contributed by atoms with Crippen molar-refractivity contribution < 1.29 is 0 Å². The highest BCUT2D eigenvalue weighted by atomic mass is 35.5. The van der Waals surface area contributed by atoms with E-state index < -0.39 is 0 Å². The van der Waals surface area contributed by atoms with Crippen LogP contribution in [-0.2, 0) is 13.0 Å². The average molecular weight is 281 g/mol. The molecule has 3 rings (SSSR count). The summed E-state index contributed by atoms with van der Waals surface area (Å²) in [5.74, 6) is 0. The molecular weight excluding hydrogens is 264 g/mol. The molecule has 18 heavy (non-hydrogen) atoms. The normalized spacial score (nSPS) is 18.9. The van der Waals surface area contributed by atoms with Crippen molar-refractivity contribution in [1.29, 1.82) is 0 Å². The summed E-state index contributed by atoms with van der Waals surface area (Å²) in [6.45, 7) is 0.931. The lowest BCUT2D eigenvalue weighted by Gasteiger charge is -2.21. The van der Waals surface area contributed by atoms with E-state index >= 15 is 0 Å². The van der Waals surface area contributed by atoms with Crippen LogP contribution in [0, 0.1) is 0 Å². The number of hydrogen-bond donors (Lipinski definition) is 1. The molecule has 1 atom stereocenters. The largest absolute Gasteiger partial charge is 0.348 e. The number of nitrogens with zero attached hydrogens (tertiary/aromatic N) is 1. The van der Waals surface area contributed by atoms with E-state index in [4.69, 9.17) is 11.6 Å². The molecule has 0 fully saturated rings. The second kappa shape index (κ2) is 5.08. The molecule has 1 aliphatic rings. The van der Waals surface area contributed by atoms with Crippen LogP contribution in [-0.4, -0.2) is 11.6 Å². The molecule has 0 aromatic carbocycles. The first-order chi connectivity index (χ1) is 8.76. The Morgan fingerprint density at radius 3 is 3.06 bits per heavy atom. The smallest absolute Gasteiger partial charge is 0.0931 e. The zero-order valence-corrected chi connectivity index (χ0v) is 12.0. The van der Waals surface area contributed by atoms with E-state index in [1.807, 2.05) is 6.07 Å². The van der Waals surface area contributed by atoms with Crippen molar-refractivity contribution in [1.82, 2.24) is 9.88 Å². The molecule has 0 bridgehead atoms.